The summed E-state index contributed by atoms with van der Waals surface area (Å²) in [6, 6.07) is 3.90. The summed E-state index contributed by atoms with van der Waals surface area (Å²) < 4.78 is 0. The van der Waals surface area contributed by atoms with E-state index in [1.165, 1.54) is 56.9 Å². The molecule has 0 aliphatic heterocycles. The third-order valence-corrected chi connectivity index (χ3v) is 5.04. The minimum absolute atomic E-state index is 0.238. The van der Waals surface area contributed by atoms with Gasteiger partial charge in [-0.1, -0.05) is 51.0 Å². The Morgan fingerprint density at radius 2 is 1.91 bits per heavy atom. The predicted octanol–water partition coefficient (Wildman–Crippen LogP) is 3.25. The maximum atomic E-state index is 9.25. The summed E-state index contributed by atoms with van der Waals surface area (Å²) in [6.45, 7) is 3.08. The van der Waals surface area contributed by atoms with Crippen LogP contribution < -0.4 is 5.73 Å². The highest BCUT2D eigenvalue weighted by Crippen LogP contribution is 2.29. The van der Waals surface area contributed by atoms with Crippen molar-refractivity contribution in [2.24, 2.45) is 5.92 Å². The standard InChI is InChI=1S/C19H33N3O/c20-19-10-9-18(16-21-19)11-13-22(14-15-23)12-5-1-2-6-17-7-3-4-8-17/h9-10,16-17,23H,1-8,11-15H2,(H2,20,21). The van der Waals surface area contributed by atoms with Gasteiger partial charge in [0, 0.05) is 19.3 Å². The number of rotatable bonds is 11. The van der Waals surface area contributed by atoms with Gasteiger partial charge in [-0.05, 0) is 36.9 Å². The van der Waals surface area contributed by atoms with Crippen molar-refractivity contribution in [3.63, 3.8) is 0 Å². The Labute approximate surface area is 141 Å². The highest BCUT2D eigenvalue weighted by molar-refractivity contribution is 5.29. The van der Waals surface area contributed by atoms with Crippen molar-refractivity contribution in [2.45, 2.75) is 57.8 Å². The number of aromatic nitrogens is 1. The van der Waals surface area contributed by atoms with Crippen LogP contribution >= 0.6 is 0 Å². The number of unbranched alkanes of at least 4 members (excludes halogenated alkanes) is 2. The molecule has 0 amide bonds. The molecule has 2 rings (SSSR count). The molecule has 0 saturated heterocycles. The van der Waals surface area contributed by atoms with E-state index in [9.17, 15) is 5.11 Å². The number of nitrogen functional groups attached to an aromatic ring is 1. The number of anilines is 1. The molecule has 4 nitrogen and oxygen atoms in total. The Kier molecular flexibility index (Phi) is 8.40. The van der Waals surface area contributed by atoms with E-state index in [-0.39, 0.29) is 6.61 Å². The summed E-state index contributed by atoms with van der Waals surface area (Å²) in [7, 11) is 0. The van der Waals surface area contributed by atoms with Gasteiger partial charge in [-0.25, -0.2) is 4.98 Å². The van der Waals surface area contributed by atoms with Crippen LogP contribution in [0.15, 0.2) is 18.3 Å². The molecule has 0 radical (unpaired) electrons. The number of aliphatic hydroxyl groups excluding tert-OH is 1. The molecule has 1 aliphatic carbocycles. The number of pyridine rings is 1. The number of hydrogen-bond donors (Lipinski definition) is 2. The molecule has 4 heteroatoms. The Bertz CT molecular complexity index is 415. The SMILES string of the molecule is Nc1ccc(CCN(CCO)CCCCCC2CCCC2)cn1. The van der Waals surface area contributed by atoms with Crippen molar-refractivity contribution < 1.29 is 5.11 Å². The predicted molar refractivity (Wildman–Crippen MR) is 96.3 cm³/mol. The Morgan fingerprint density at radius 3 is 2.61 bits per heavy atom. The molecule has 1 heterocycles. The molecule has 1 saturated carbocycles. The highest BCUT2D eigenvalue weighted by Gasteiger charge is 2.14. The molecule has 3 N–H and O–H groups in total. The maximum absolute atomic E-state index is 9.25. The second kappa shape index (κ2) is 10.6. The van der Waals surface area contributed by atoms with Crippen LogP contribution in [0.4, 0.5) is 5.82 Å². The second-order valence-corrected chi connectivity index (χ2v) is 6.91. The van der Waals surface area contributed by atoms with Gasteiger partial charge in [-0.3, -0.25) is 0 Å². The summed E-state index contributed by atoms with van der Waals surface area (Å²) in [6.07, 6.45) is 14.0. The van der Waals surface area contributed by atoms with Crippen LogP contribution in [0.2, 0.25) is 0 Å². The van der Waals surface area contributed by atoms with Crippen LogP contribution in [-0.4, -0.2) is 41.2 Å². The lowest BCUT2D eigenvalue weighted by atomic mass is 10.00. The molecular formula is C19H33N3O. The van der Waals surface area contributed by atoms with E-state index >= 15 is 0 Å². The third-order valence-electron chi connectivity index (χ3n) is 5.04. The average molecular weight is 319 g/mol. The van der Waals surface area contributed by atoms with Crippen LogP contribution in [-0.2, 0) is 6.42 Å². The van der Waals surface area contributed by atoms with E-state index in [0.29, 0.717) is 5.82 Å². The maximum Gasteiger partial charge on any atom is 0.123 e. The fraction of sp³-hybridized carbons (Fsp3) is 0.737. The summed E-state index contributed by atoms with van der Waals surface area (Å²) >= 11 is 0. The van der Waals surface area contributed by atoms with Gasteiger partial charge in [0.1, 0.15) is 5.82 Å². The molecule has 1 fully saturated rings. The zero-order valence-corrected chi connectivity index (χ0v) is 14.4. The van der Waals surface area contributed by atoms with Crippen molar-refractivity contribution in [3.8, 4) is 0 Å². The lowest BCUT2D eigenvalue weighted by Gasteiger charge is -2.21. The van der Waals surface area contributed by atoms with E-state index < -0.39 is 0 Å². The molecule has 1 aliphatic rings. The van der Waals surface area contributed by atoms with Gasteiger partial charge in [0.25, 0.3) is 0 Å². The van der Waals surface area contributed by atoms with Gasteiger partial charge in [0.05, 0.1) is 6.61 Å². The van der Waals surface area contributed by atoms with Gasteiger partial charge in [-0.2, -0.15) is 0 Å². The third kappa shape index (κ3) is 7.32. The van der Waals surface area contributed by atoms with Crippen molar-refractivity contribution in [1.29, 1.82) is 0 Å². The van der Waals surface area contributed by atoms with Crippen LogP contribution in [0.3, 0.4) is 0 Å². The summed E-state index contributed by atoms with van der Waals surface area (Å²) in [5, 5.41) is 9.25. The van der Waals surface area contributed by atoms with Crippen LogP contribution in [0.25, 0.3) is 0 Å². The largest absolute Gasteiger partial charge is 0.395 e. The fourth-order valence-electron chi connectivity index (χ4n) is 3.59. The Hall–Kier alpha value is -1.13. The summed E-state index contributed by atoms with van der Waals surface area (Å²) in [4.78, 5) is 6.50. The Balaban J connectivity index is 1.59. The lowest BCUT2D eigenvalue weighted by Crippen LogP contribution is -2.30. The van der Waals surface area contributed by atoms with Gasteiger partial charge < -0.3 is 15.7 Å². The lowest BCUT2D eigenvalue weighted by molar-refractivity contribution is 0.194. The van der Waals surface area contributed by atoms with Crippen LogP contribution in [0.1, 0.15) is 56.9 Å². The van der Waals surface area contributed by atoms with Crippen molar-refractivity contribution in [1.82, 2.24) is 9.88 Å². The number of nitrogens with zero attached hydrogens (tertiary/aromatic N) is 2. The average Bonchev–Trinajstić information content (AvgIpc) is 3.07. The Morgan fingerprint density at radius 1 is 1.09 bits per heavy atom. The van der Waals surface area contributed by atoms with E-state index in [2.05, 4.69) is 9.88 Å². The number of hydrogen-bond acceptors (Lipinski definition) is 4. The van der Waals surface area contributed by atoms with Crippen molar-refractivity contribution in [3.05, 3.63) is 23.9 Å². The topological polar surface area (TPSA) is 62.4 Å². The number of aliphatic hydroxyl groups is 1. The molecule has 130 valence electrons. The first-order valence-electron chi connectivity index (χ1n) is 9.31. The first kappa shape index (κ1) is 18.2. The normalized spacial score (nSPS) is 15.6. The smallest absolute Gasteiger partial charge is 0.123 e. The first-order valence-corrected chi connectivity index (χ1v) is 9.31. The molecule has 0 atom stereocenters. The molecule has 0 unspecified atom stereocenters. The minimum Gasteiger partial charge on any atom is -0.395 e. The van der Waals surface area contributed by atoms with E-state index in [4.69, 9.17) is 5.73 Å². The van der Waals surface area contributed by atoms with Crippen molar-refractivity contribution in [2.75, 3.05) is 32.0 Å². The quantitative estimate of drug-likeness (QED) is 0.615. The summed E-state index contributed by atoms with van der Waals surface area (Å²) in [5.74, 6) is 1.59. The van der Waals surface area contributed by atoms with E-state index in [1.54, 1.807) is 0 Å². The molecular weight excluding hydrogens is 286 g/mol. The molecule has 0 bridgehead atoms. The van der Waals surface area contributed by atoms with Crippen LogP contribution in [0, 0.1) is 5.92 Å². The fourth-order valence-corrected chi connectivity index (χ4v) is 3.59. The molecule has 23 heavy (non-hydrogen) atoms. The van der Waals surface area contributed by atoms with Crippen molar-refractivity contribution >= 4 is 5.82 Å². The summed E-state index contributed by atoms with van der Waals surface area (Å²) in [5.41, 5.74) is 6.83. The molecule has 0 aromatic carbocycles. The van der Waals surface area contributed by atoms with E-state index in [1.807, 2.05) is 18.3 Å². The van der Waals surface area contributed by atoms with Gasteiger partial charge >= 0.3 is 0 Å². The zero-order chi connectivity index (χ0) is 16.3. The number of nitrogens with two attached hydrogens (primary N) is 1. The monoisotopic (exact) mass is 319 g/mol. The molecule has 1 aromatic rings. The zero-order valence-electron chi connectivity index (χ0n) is 14.4. The molecule has 1 aromatic heterocycles. The first-order chi connectivity index (χ1) is 11.3. The second-order valence-electron chi connectivity index (χ2n) is 6.91. The minimum atomic E-state index is 0.238. The van der Waals surface area contributed by atoms with Gasteiger partial charge in [-0.15, -0.1) is 0 Å². The van der Waals surface area contributed by atoms with E-state index in [0.717, 1.165) is 32.0 Å². The van der Waals surface area contributed by atoms with Gasteiger partial charge in [0.15, 0.2) is 0 Å². The van der Waals surface area contributed by atoms with Crippen LogP contribution in [0.5, 0.6) is 0 Å². The van der Waals surface area contributed by atoms with Gasteiger partial charge in [0.2, 0.25) is 0 Å². The highest BCUT2D eigenvalue weighted by atomic mass is 16.3. The molecule has 0 spiro atoms.